The summed E-state index contributed by atoms with van der Waals surface area (Å²) in [5.74, 6) is 1.90. The van der Waals surface area contributed by atoms with E-state index in [1.807, 2.05) is 0 Å². The van der Waals surface area contributed by atoms with E-state index in [9.17, 15) is 0 Å². The lowest BCUT2D eigenvalue weighted by atomic mass is 9.94. The summed E-state index contributed by atoms with van der Waals surface area (Å²) in [5, 5.41) is 0. The Morgan fingerprint density at radius 2 is 2.07 bits per heavy atom. The molecule has 2 nitrogen and oxygen atoms in total. The van der Waals surface area contributed by atoms with Crippen molar-refractivity contribution in [2.45, 2.75) is 51.1 Å². The van der Waals surface area contributed by atoms with E-state index >= 15 is 0 Å². The summed E-state index contributed by atoms with van der Waals surface area (Å²) in [6.07, 6.45) is 5.58. The minimum atomic E-state index is -1.27. The van der Waals surface area contributed by atoms with E-state index in [-0.39, 0.29) is 5.79 Å². The molecule has 86 valence electrons. The van der Waals surface area contributed by atoms with Crippen molar-refractivity contribution in [3.8, 4) is 0 Å². The van der Waals surface area contributed by atoms with Crippen molar-refractivity contribution >= 4 is 8.32 Å². The molecule has 2 saturated carbocycles. The molecule has 0 aromatic carbocycles. The summed E-state index contributed by atoms with van der Waals surface area (Å²) >= 11 is 0. The van der Waals surface area contributed by atoms with Crippen LogP contribution < -0.4 is 0 Å². The average Bonchev–Trinajstić information content (AvgIpc) is 2.77. The minimum Gasteiger partial charge on any atom is -0.491 e. The third-order valence-electron chi connectivity index (χ3n) is 4.53. The van der Waals surface area contributed by atoms with Gasteiger partial charge in [0.15, 0.2) is 0 Å². The van der Waals surface area contributed by atoms with Crippen LogP contribution in [0.1, 0.15) is 25.7 Å². The molecule has 2 bridgehead atoms. The van der Waals surface area contributed by atoms with Gasteiger partial charge in [0.2, 0.25) is 0 Å². The average molecular weight is 227 g/mol. The van der Waals surface area contributed by atoms with Gasteiger partial charge in [0, 0.05) is 19.6 Å². The highest BCUT2D eigenvalue weighted by molar-refractivity contribution is 6.70. The lowest BCUT2D eigenvalue weighted by molar-refractivity contribution is -0.251. The highest BCUT2D eigenvalue weighted by Gasteiger charge is 2.65. The molecule has 1 aliphatic heterocycles. The van der Waals surface area contributed by atoms with Crippen LogP contribution in [0.25, 0.3) is 0 Å². The van der Waals surface area contributed by atoms with E-state index < -0.39 is 8.32 Å². The van der Waals surface area contributed by atoms with Gasteiger partial charge in [-0.3, -0.25) is 0 Å². The summed E-state index contributed by atoms with van der Waals surface area (Å²) < 4.78 is 9.90. The molecule has 1 unspecified atom stereocenters. The first-order chi connectivity index (χ1) is 7.02. The van der Waals surface area contributed by atoms with Crippen LogP contribution in [0.2, 0.25) is 19.6 Å². The molecule has 15 heavy (non-hydrogen) atoms. The first-order valence-electron chi connectivity index (χ1n) is 6.37. The fraction of sp³-hybridized carbons (Fsp3) is 1.00. The first kappa shape index (κ1) is 10.3. The van der Waals surface area contributed by atoms with Crippen LogP contribution in [0, 0.1) is 11.8 Å². The Labute approximate surface area is 93.8 Å². The molecule has 0 aromatic rings. The van der Waals surface area contributed by atoms with Crippen molar-refractivity contribution in [2.75, 3.05) is 13.2 Å². The van der Waals surface area contributed by atoms with Crippen molar-refractivity contribution in [3.63, 3.8) is 0 Å². The van der Waals surface area contributed by atoms with E-state index in [4.69, 9.17) is 4.74 Å². The zero-order chi connectivity index (χ0) is 10.7. The molecule has 3 rings (SSSR count). The standard InChI is InChI=1S/C12H23O2Si/c1-15(2,3)14-7-6-13-12(14)9-10-4-5-11(12)8-10/h10-11H,4-9H2,1-3H3/q+1/t10-,11+,12?/m0/s1. The lowest BCUT2D eigenvalue weighted by Gasteiger charge is -2.43. The van der Waals surface area contributed by atoms with Gasteiger partial charge in [-0.25, -0.2) is 0 Å². The molecule has 1 spiro atoms. The summed E-state index contributed by atoms with van der Waals surface area (Å²) in [4.78, 5) is 0. The number of ether oxygens (including phenoxy) is 1. The van der Waals surface area contributed by atoms with Gasteiger partial charge >= 0.3 is 8.32 Å². The van der Waals surface area contributed by atoms with E-state index in [1.54, 1.807) is 0 Å². The van der Waals surface area contributed by atoms with E-state index in [2.05, 4.69) is 23.7 Å². The molecule has 3 fully saturated rings. The van der Waals surface area contributed by atoms with Crippen LogP contribution in [0.3, 0.4) is 0 Å². The summed E-state index contributed by atoms with van der Waals surface area (Å²) in [6, 6.07) is 0. The molecule has 2 aliphatic carbocycles. The Balaban J connectivity index is 1.91. The van der Waals surface area contributed by atoms with Gasteiger partial charge in [-0.1, -0.05) is 0 Å². The smallest absolute Gasteiger partial charge is 0.378 e. The Morgan fingerprint density at radius 3 is 2.60 bits per heavy atom. The molecule has 3 atom stereocenters. The van der Waals surface area contributed by atoms with Crippen LogP contribution in [0.4, 0.5) is 0 Å². The molecular formula is C12H23O2Si+. The normalized spacial score (nSPS) is 45.8. The van der Waals surface area contributed by atoms with E-state index in [0.29, 0.717) is 0 Å². The molecule has 0 amide bonds. The number of fused-ring (bicyclic) bond motifs is 3. The molecule has 3 heteroatoms. The topological polar surface area (TPSA) is 11.9 Å². The predicted molar refractivity (Wildman–Crippen MR) is 63.4 cm³/mol. The van der Waals surface area contributed by atoms with Crippen LogP contribution in [-0.2, 0) is 8.79 Å². The van der Waals surface area contributed by atoms with Crippen LogP contribution in [-0.4, -0.2) is 27.3 Å². The minimum absolute atomic E-state index is 0.118. The van der Waals surface area contributed by atoms with Crippen LogP contribution in [0.5, 0.6) is 0 Å². The highest BCUT2D eigenvalue weighted by atomic mass is 28.4. The molecule has 3 aliphatic rings. The van der Waals surface area contributed by atoms with Gasteiger partial charge in [-0.2, -0.15) is 0 Å². The molecule has 0 aromatic heterocycles. The SMILES string of the molecule is C[Si](C)(C)[O+]1CCOC12C[C@H]1CC[C@@H]2C1. The largest absolute Gasteiger partial charge is 0.491 e. The zero-order valence-electron chi connectivity index (χ0n) is 10.2. The Morgan fingerprint density at radius 1 is 1.27 bits per heavy atom. The monoisotopic (exact) mass is 227 g/mol. The summed E-state index contributed by atoms with van der Waals surface area (Å²) in [7, 11) is -1.27. The van der Waals surface area contributed by atoms with Crippen LogP contribution >= 0.6 is 0 Å². The highest BCUT2D eigenvalue weighted by Crippen LogP contribution is 2.58. The summed E-state index contributed by atoms with van der Waals surface area (Å²) in [5.41, 5.74) is 0. The summed E-state index contributed by atoms with van der Waals surface area (Å²) in [6.45, 7) is 9.34. The third-order valence-corrected chi connectivity index (χ3v) is 6.55. The van der Waals surface area contributed by atoms with E-state index in [0.717, 1.165) is 25.0 Å². The van der Waals surface area contributed by atoms with Gasteiger partial charge in [-0.05, 0) is 25.2 Å². The Kier molecular flexibility index (Phi) is 2.12. The van der Waals surface area contributed by atoms with Gasteiger partial charge in [0.25, 0.3) is 5.79 Å². The quantitative estimate of drug-likeness (QED) is 0.495. The van der Waals surface area contributed by atoms with Crippen molar-refractivity contribution in [1.29, 1.82) is 0 Å². The van der Waals surface area contributed by atoms with Crippen molar-refractivity contribution in [3.05, 3.63) is 0 Å². The molecule has 1 heterocycles. The van der Waals surface area contributed by atoms with Gasteiger partial charge < -0.3 is 8.79 Å². The third kappa shape index (κ3) is 1.36. The maximum absolute atomic E-state index is 6.20. The second kappa shape index (κ2) is 3.08. The van der Waals surface area contributed by atoms with E-state index in [1.165, 1.54) is 25.7 Å². The fourth-order valence-electron chi connectivity index (χ4n) is 4.07. The molecular weight excluding hydrogens is 204 g/mol. The van der Waals surface area contributed by atoms with Gasteiger partial charge in [0.1, 0.15) is 13.2 Å². The lowest BCUT2D eigenvalue weighted by Crippen LogP contribution is -2.53. The van der Waals surface area contributed by atoms with Crippen molar-refractivity contribution < 1.29 is 8.79 Å². The Hall–Kier alpha value is 0.137. The molecule has 0 radical (unpaired) electrons. The fourth-order valence-corrected chi connectivity index (χ4v) is 6.11. The molecule has 1 saturated heterocycles. The second-order valence-corrected chi connectivity index (χ2v) is 11.2. The van der Waals surface area contributed by atoms with Gasteiger partial charge in [0.05, 0.1) is 12.3 Å². The maximum atomic E-state index is 6.20. The molecule has 0 N–H and O–H groups in total. The maximum Gasteiger partial charge on any atom is 0.378 e. The second-order valence-electron chi connectivity index (χ2n) is 6.45. The number of rotatable bonds is 1. The number of hydrogen-bond acceptors (Lipinski definition) is 1. The van der Waals surface area contributed by atoms with Crippen molar-refractivity contribution in [2.24, 2.45) is 11.8 Å². The number of hydrogen-bond donors (Lipinski definition) is 0. The first-order valence-corrected chi connectivity index (χ1v) is 9.78. The van der Waals surface area contributed by atoms with Crippen molar-refractivity contribution in [1.82, 2.24) is 0 Å². The Bertz CT molecular complexity index is 273. The van der Waals surface area contributed by atoms with Crippen LogP contribution in [0.15, 0.2) is 0 Å². The predicted octanol–water partition coefficient (Wildman–Crippen LogP) is 2.92. The van der Waals surface area contributed by atoms with Gasteiger partial charge in [-0.15, -0.1) is 0 Å². The zero-order valence-corrected chi connectivity index (χ0v) is 11.2.